The van der Waals surface area contributed by atoms with E-state index in [1.165, 1.54) is 17.5 Å². The van der Waals surface area contributed by atoms with Crippen molar-refractivity contribution in [1.29, 1.82) is 0 Å². The zero-order valence-corrected chi connectivity index (χ0v) is 12.5. The molecule has 0 spiro atoms. The Kier molecular flexibility index (Phi) is 4.38. The van der Waals surface area contributed by atoms with Gasteiger partial charge in [-0.05, 0) is 36.9 Å². The van der Waals surface area contributed by atoms with E-state index in [-0.39, 0.29) is 0 Å². The first-order valence-electron chi connectivity index (χ1n) is 7.21. The first-order chi connectivity index (χ1) is 9.88. The highest BCUT2D eigenvalue weighted by atomic mass is 32.2. The number of hydrogen-bond acceptors (Lipinski definition) is 4. The summed E-state index contributed by atoms with van der Waals surface area (Å²) in [5.74, 6) is 0. The second-order valence-corrected chi connectivity index (χ2v) is 6.34. The molecule has 3 rings (SSSR count). The van der Waals surface area contributed by atoms with Gasteiger partial charge in [0.25, 0.3) is 0 Å². The maximum atomic E-state index is 4.25. The lowest BCUT2D eigenvalue weighted by molar-refractivity contribution is 0.471. The lowest BCUT2D eigenvalue weighted by atomic mass is 9.87. The lowest BCUT2D eigenvalue weighted by Crippen LogP contribution is -2.34. The highest BCUT2D eigenvalue weighted by molar-refractivity contribution is 7.99. The van der Waals surface area contributed by atoms with Gasteiger partial charge in [-0.15, -0.1) is 0 Å². The Morgan fingerprint density at radius 3 is 3.10 bits per heavy atom. The van der Waals surface area contributed by atoms with Gasteiger partial charge in [0.2, 0.25) is 0 Å². The Balaban J connectivity index is 1.82. The molecule has 1 aromatic heterocycles. The van der Waals surface area contributed by atoms with Crippen LogP contribution in [0.3, 0.4) is 0 Å². The maximum absolute atomic E-state index is 4.25. The average molecular weight is 288 g/mol. The minimum Gasteiger partial charge on any atom is -0.309 e. The first-order valence-corrected chi connectivity index (χ1v) is 8.09. The summed E-state index contributed by atoms with van der Waals surface area (Å²) < 4.78 is 0. The van der Waals surface area contributed by atoms with Crippen molar-refractivity contribution in [2.24, 2.45) is 0 Å². The molecular formula is C15H20N4S. The quantitative estimate of drug-likeness (QED) is 0.888. The number of thioether (sulfide) groups is 1. The normalized spacial score (nSPS) is 21.6. The molecule has 106 valence electrons. The van der Waals surface area contributed by atoms with E-state index < -0.39 is 0 Å². The minimum absolute atomic E-state index is 0.398. The zero-order valence-electron chi connectivity index (χ0n) is 11.7. The maximum Gasteiger partial charge on any atom is 0.183 e. The van der Waals surface area contributed by atoms with Gasteiger partial charge in [0, 0.05) is 11.3 Å². The van der Waals surface area contributed by atoms with Gasteiger partial charge in [0.1, 0.15) is 6.33 Å². The third kappa shape index (κ3) is 2.88. The number of aromatic nitrogens is 3. The fourth-order valence-corrected chi connectivity index (χ4v) is 3.91. The van der Waals surface area contributed by atoms with Crippen LogP contribution in [0.25, 0.3) is 0 Å². The third-order valence-corrected chi connectivity index (χ3v) is 4.96. The number of hydrogen-bond donors (Lipinski definition) is 2. The van der Waals surface area contributed by atoms with Crippen LogP contribution < -0.4 is 5.32 Å². The number of nitrogens with one attached hydrogen (secondary N) is 2. The molecule has 0 fully saturated rings. The van der Waals surface area contributed by atoms with Crippen molar-refractivity contribution in [3.05, 3.63) is 41.7 Å². The van der Waals surface area contributed by atoms with Crippen LogP contribution in [0.15, 0.2) is 35.7 Å². The van der Waals surface area contributed by atoms with Crippen molar-refractivity contribution < 1.29 is 0 Å². The molecule has 1 heterocycles. The number of benzene rings is 1. The van der Waals surface area contributed by atoms with Crippen LogP contribution in [0.5, 0.6) is 0 Å². The molecule has 20 heavy (non-hydrogen) atoms. The number of H-pyrrole nitrogens is 1. The van der Waals surface area contributed by atoms with Gasteiger partial charge >= 0.3 is 0 Å². The molecule has 2 atom stereocenters. The summed E-state index contributed by atoms with van der Waals surface area (Å²) in [6, 6.07) is 9.19. The Labute approximate surface area is 123 Å². The summed E-state index contributed by atoms with van der Waals surface area (Å²) in [7, 11) is 0. The van der Waals surface area contributed by atoms with E-state index in [9.17, 15) is 0 Å². The van der Waals surface area contributed by atoms with Crippen molar-refractivity contribution in [3.63, 3.8) is 0 Å². The molecule has 0 saturated heterocycles. The molecule has 1 aliphatic rings. The van der Waals surface area contributed by atoms with Gasteiger partial charge in [-0.25, -0.2) is 4.98 Å². The molecule has 2 N–H and O–H groups in total. The predicted octanol–water partition coefficient (Wildman–Crippen LogP) is 2.95. The fourth-order valence-electron chi connectivity index (χ4n) is 2.79. The Hall–Kier alpha value is -1.33. The summed E-state index contributed by atoms with van der Waals surface area (Å²) in [5.41, 5.74) is 2.93. The third-order valence-electron chi connectivity index (χ3n) is 3.73. The van der Waals surface area contributed by atoms with E-state index in [2.05, 4.69) is 51.7 Å². The topological polar surface area (TPSA) is 53.6 Å². The van der Waals surface area contributed by atoms with E-state index in [1.807, 2.05) is 0 Å². The Bertz CT molecular complexity index is 541. The highest BCUT2D eigenvalue weighted by Crippen LogP contribution is 2.38. The smallest absolute Gasteiger partial charge is 0.183 e. The minimum atomic E-state index is 0.398. The summed E-state index contributed by atoms with van der Waals surface area (Å²) in [6.45, 7) is 3.26. The Morgan fingerprint density at radius 1 is 1.40 bits per heavy atom. The molecule has 1 aliphatic carbocycles. The molecule has 1 aromatic carbocycles. The second-order valence-electron chi connectivity index (χ2n) is 5.12. The summed E-state index contributed by atoms with van der Waals surface area (Å²) >= 11 is 1.80. The zero-order chi connectivity index (χ0) is 13.8. The van der Waals surface area contributed by atoms with E-state index in [0.717, 1.165) is 24.5 Å². The molecule has 0 aliphatic heterocycles. The largest absolute Gasteiger partial charge is 0.309 e. The van der Waals surface area contributed by atoms with Crippen LogP contribution in [0.2, 0.25) is 0 Å². The monoisotopic (exact) mass is 288 g/mol. The van der Waals surface area contributed by atoms with Crippen molar-refractivity contribution in [3.8, 4) is 0 Å². The van der Waals surface area contributed by atoms with Gasteiger partial charge in [-0.1, -0.05) is 43.0 Å². The standard InChI is InChI=1S/C15H20N4S/c1-2-9-16-14-12-6-4-3-5-11(12)7-8-13(14)20-15-17-10-18-19-15/h3-6,10,13-14,16H,2,7-9H2,1H3,(H,17,18,19). The van der Waals surface area contributed by atoms with Gasteiger partial charge < -0.3 is 5.32 Å². The van der Waals surface area contributed by atoms with Gasteiger partial charge in [-0.3, -0.25) is 5.10 Å². The average Bonchev–Trinajstić information content (AvgIpc) is 2.99. The molecule has 0 saturated carbocycles. The summed E-state index contributed by atoms with van der Waals surface area (Å²) in [5, 5.41) is 12.0. The molecule has 0 radical (unpaired) electrons. The van der Waals surface area contributed by atoms with Crippen LogP contribution in [0.4, 0.5) is 0 Å². The Morgan fingerprint density at radius 2 is 2.30 bits per heavy atom. The highest BCUT2D eigenvalue weighted by Gasteiger charge is 2.30. The van der Waals surface area contributed by atoms with Gasteiger partial charge in [0.05, 0.1) is 0 Å². The lowest BCUT2D eigenvalue weighted by Gasteiger charge is -2.33. The van der Waals surface area contributed by atoms with Crippen molar-refractivity contribution in [1.82, 2.24) is 20.5 Å². The number of nitrogens with zero attached hydrogens (tertiary/aromatic N) is 2. The van der Waals surface area contributed by atoms with Crippen LogP contribution in [-0.2, 0) is 6.42 Å². The SMILES string of the molecule is CCCNC1c2ccccc2CCC1Sc1ncn[nH]1. The molecular weight excluding hydrogens is 268 g/mol. The molecule has 4 nitrogen and oxygen atoms in total. The predicted molar refractivity (Wildman–Crippen MR) is 81.8 cm³/mol. The summed E-state index contributed by atoms with van der Waals surface area (Å²) in [6.07, 6.45) is 5.04. The van der Waals surface area contributed by atoms with E-state index in [1.54, 1.807) is 18.1 Å². The first kappa shape index (κ1) is 13.6. The van der Waals surface area contributed by atoms with Gasteiger partial charge in [0.15, 0.2) is 5.16 Å². The van der Waals surface area contributed by atoms with E-state index in [4.69, 9.17) is 0 Å². The van der Waals surface area contributed by atoms with E-state index >= 15 is 0 Å². The summed E-state index contributed by atoms with van der Waals surface area (Å²) in [4.78, 5) is 4.25. The molecule has 0 amide bonds. The van der Waals surface area contributed by atoms with Crippen molar-refractivity contribution >= 4 is 11.8 Å². The molecule has 5 heteroatoms. The number of aromatic amines is 1. The fraction of sp³-hybridized carbons (Fsp3) is 0.467. The number of fused-ring (bicyclic) bond motifs is 1. The van der Waals surface area contributed by atoms with Crippen molar-refractivity contribution in [2.45, 2.75) is 42.6 Å². The molecule has 0 bridgehead atoms. The molecule has 2 unspecified atom stereocenters. The number of aryl methyl sites for hydroxylation is 1. The second kappa shape index (κ2) is 6.41. The molecule has 2 aromatic rings. The van der Waals surface area contributed by atoms with Crippen LogP contribution in [-0.4, -0.2) is 27.0 Å². The van der Waals surface area contributed by atoms with Crippen LogP contribution in [0, 0.1) is 0 Å². The van der Waals surface area contributed by atoms with Gasteiger partial charge in [-0.2, -0.15) is 5.10 Å². The van der Waals surface area contributed by atoms with Crippen LogP contribution in [0.1, 0.15) is 36.9 Å². The van der Waals surface area contributed by atoms with E-state index in [0.29, 0.717) is 11.3 Å². The van der Waals surface area contributed by atoms with Crippen molar-refractivity contribution in [2.75, 3.05) is 6.54 Å². The number of rotatable bonds is 5. The van der Waals surface area contributed by atoms with Crippen LogP contribution >= 0.6 is 11.8 Å².